The summed E-state index contributed by atoms with van der Waals surface area (Å²) in [5.74, 6) is 0.772. The number of ether oxygens (including phenoxy) is 1. The summed E-state index contributed by atoms with van der Waals surface area (Å²) in [5, 5.41) is 3.34. The predicted octanol–water partition coefficient (Wildman–Crippen LogP) is 2.98. The van der Waals surface area contributed by atoms with Crippen LogP contribution in [0.25, 0.3) is 0 Å². The molecule has 0 atom stereocenters. The molecular formula is C14H21ClIN3O2S. The molecule has 1 aliphatic rings. The summed E-state index contributed by atoms with van der Waals surface area (Å²) < 4.78 is 5.60. The van der Waals surface area contributed by atoms with E-state index in [1.54, 1.807) is 18.4 Å². The van der Waals surface area contributed by atoms with Crippen LogP contribution in [0.3, 0.4) is 0 Å². The van der Waals surface area contributed by atoms with Gasteiger partial charge >= 0.3 is 5.97 Å². The van der Waals surface area contributed by atoms with Gasteiger partial charge in [-0.15, -0.1) is 35.3 Å². The van der Waals surface area contributed by atoms with Crippen molar-refractivity contribution in [1.29, 1.82) is 0 Å². The Hall–Kier alpha value is -0.540. The van der Waals surface area contributed by atoms with E-state index in [4.69, 9.17) is 16.3 Å². The molecule has 0 radical (unpaired) electrons. The minimum Gasteiger partial charge on any atom is -0.469 e. The molecule has 2 rings (SSSR count). The number of thiophene rings is 1. The predicted molar refractivity (Wildman–Crippen MR) is 101 cm³/mol. The van der Waals surface area contributed by atoms with Gasteiger partial charge in [-0.25, -0.2) is 0 Å². The second kappa shape index (κ2) is 9.57. The molecule has 0 aromatic carbocycles. The summed E-state index contributed by atoms with van der Waals surface area (Å²) in [5.41, 5.74) is 0. The number of guanidine groups is 1. The van der Waals surface area contributed by atoms with Crippen LogP contribution < -0.4 is 5.32 Å². The molecule has 0 spiro atoms. The van der Waals surface area contributed by atoms with Gasteiger partial charge in [0.15, 0.2) is 5.96 Å². The first-order chi connectivity index (χ1) is 10.1. The van der Waals surface area contributed by atoms with E-state index in [2.05, 4.69) is 15.2 Å². The van der Waals surface area contributed by atoms with Gasteiger partial charge in [-0.3, -0.25) is 9.79 Å². The number of esters is 1. The van der Waals surface area contributed by atoms with E-state index in [0.717, 1.165) is 36.2 Å². The van der Waals surface area contributed by atoms with Crippen molar-refractivity contribution in [3.05, 3.63) is 21.3 Å². The van der Waals surface area contributed by atoms with Crippen LogP contribution in [0, 0.1) is 5.92 Å². The van der Waals surface area contributed by atoms with Gasteiger partial charge in [-0.1, -0.05) is 11.6 Å². The number of halogens is 2. The van der Waals surface area contributed by atoms with Crippen molar-refractivity contribution in [2.75, 3.05) is 27.2 Å². The zero-order chi connectivity index (χ0) is 15.2. The Morgan fingerprint density at radius 2 is 2.18 bits per heavy atom. The summed E-state index contributed by atoms with van der Waals surface area (Å²) in [6.07, 6.45) is 1.61. The van der Waals surface area contributed by atoms with Crippen LogP contribution in [0.1, 0.15) is 17.7 Å². The van der Waals surface area contributed by atoms with Gasteiger partial charge in [0.1, 0.15) is 0 Å². The van der Waals surface area contributed by atoms with E-state index in [1.807, 2.05) is 12.1 Å². The maximum Gasteiger partial charge on any atom is 0.308 e. The lowest BCUT2D eigenvalue weighted by Gasteiger charge is -2.33. The number of likely N-dealkylation sites (tertiary alicyclic amines) is 1. The summed E-state index contributed by atoms with van der Waals surface area (Å²) in [6.45, 7) is 2.33. The molecule has 8 heteroatoms. The molecule has 1 saturated heterocycles. The zero-order valence-corrected chi connectivity index (χ0v) is 16.6. The van der Waals surface area contributed by atoms with Crippen molar-refractivity contribution in [2.45, 2.75) is 19.4 Å². The standard InChI is InChI=1S/C14H20ClN3O2S.HI/c1-16-14(17-9-11-3-4-12(15)21-11)18-7-5-10(6-8-18)13(19)20-2;/h3-4,10H,5-9H2,1-2H3,(H,16,17);1H. The molecule has 22 heavy (non-hydrogen) atoms. The van der Waals surface area contributed by atoms with Gasteiger partial charge in [0.05, 0.1) is 23.9 Å². The largest absolute Gasteiger partial charge is 0.469 e. The first-order valence-corrected chi connectivity index (χ1v) is 8.11. The summed E-state index contributed by atoms with van der Waals surface area (Å²) in [7, 11) is 3.22. The quantitative estimate of drug-likeness (QED) is 0.328. The van der Waals surface area contributed by atoms with Gasteiger partial charge in [0.2, 0.25) is 0 Å². The maximum absolute atomic E-state index is 11.5. The Morgan fingerprint density at radius 3 is 2.68 bits per heavy atom. The number of hydrogen-bond donors (Lipinski definition) is 1. The minimum atomic E-state index is -0.106. The number of aliphatic imine (C=N–C) groups is 1. The lowest BCUT2D eigenvalue weighted by Crippen LogP contribution is -2.46. The fourth-order valence-corrected chi connectivity index (χ4v) is 3.47. The first kappa shape index (κ1) is 19.5. The number of carbonyl (C=O) groups excluding carboxylic acids is 1. The number of methoxy groups -OCH3 is 1. The van der Waals surface area contributed by atoms with E-state index in [0.29, 0.717) is 6.54 Å². The fraction of sp³-hybridized carbons (Fsp3) is 0.571. The molecular weight excluding hydrogens is 437 g/mol. The van der Waals surface area contributed by atoms with Crippen LogP contribution in [0.2, 0.25) is 4.34 Å². The number of nitrogens with zero attached hydrogens (tertiary/aromatic N) is 2. The Morgan fingerprint density at radius 1 is 1.50 bits per heavy atom. The Labute approximate surface area is 157 Å². The van der Waals surface area contributed by atoms with Crippen molar-refractivity contribution >= 4 is 58.8 Å². The molecule has 0 unspecified atom stereocenters. The topological polar surface area (TPSA) is 53.9 Å². The van der Waals surface area contributed by atoms with Crippen LogP contribution in [0.4, 0.5) is 0 Å². The number of nitrogens with one attached hydrogen (secondary N) is 1. The third-order valence-corrected chi connectivity index (χ3v) is 4.82. The minimum absolute atomic E-state index is 0. The molecule has 0 bridgehead atoms. The highest BCUT2D eigenvalue weighted by Crippen LogP contribution is 2.21. The second-order valence-corrected chi connectivity index (χ2v) is 6.69. The van der Waals surface area contributed by atoms with Crippen LogP contribution in [0.15, 0.2) is 17.1 Å². The van der Waals surface area contributed by atoms with E-state index >= 15 is 0 Å². The van der Waals surface area contributed by atoms with Gasteiger partial charge in [0.25, 0.3) is 0 Å². The molecule has 1 fully saturated rings. The number of hydrogen-bond acceptors (Lipinski definition) is 4. The Bertz CT molecular complexity index is 516. The zero-order valence-electron chi connectivity index (χ0n) is 12.7. The third kappa shape index (κ3) is 5.27. The van der Waals surface area contributed by atoms with Gasteiger partial charge in [-0.05, 0) is 25.0 Å². The van der Waals surface area contributed by atoms with Crippen molar-refractivity contribution in [3.63, 3.8) is 0 Å². The molecule has 124 valence electrons. The SMILES string of the molecule is CN=C(NCc1ccc(Cl)s1)N1CCC(C(=O)OC)CC1.I. The van der Waals surface area contributed by atoms with Crippen LogP contribution >= 0.6 is 46.9 Å². The molecule has 1 aromatic rings. The maximum atomic E-state index is 11.5. The van der Waals surface area contributed by atoms with E-state index in [-0.39, 0.29) is 35.9 Å². The summed E-state index contributed by atoms with van der Waals surface area (Å²) in [6, 6.07) is 3.91. The van der Waals surface area contributed by atoms with Crippen molar-refractivity contribution in [1.82, 2.24) is 10.2 Å². The molecule has 5 nitrogen and oxygen atoms in total. The van der Waals surface area contributed by atoms with Crippen molar-refractivity contribution in [2.24, 2.45) is 10.9 Å². The van der Waals surface area contributed by atoms with Crippen molar-refractivity contribution < 1.29 is 9.53 Å². The molecule has 1 aromatic heterocycles. The second-order valence-electron chi connectivity index (χ2n) is 4.89. The smallest absolute Gasteiger partial charge is 0.308 e. The molecule has 0 saturated carbocycles. The van der Waals surface area contributed by atoms with E-state index in [9.17, 15) is 4.79 Å². The highest BCUT2D eigenvalue weighted by molar-refractivity contribution is 14.0. The van der Waals surface area contributed by atoms with Gasteiger partial charge < -0.3 is 15.0 Å². The van der Waals surface area contributed by atoms with Crippen LogP contribution in [-0.2, 0) is 16.1 Å². The Kier molecular flexibility index (Phi) is 8.48. The molecule has 0 amide bonds. The monoisotopic (exact) mass is 457 g/mol. The highest BCUT2D eigenvalue weighted by Gasteiger charge is 2.26. The average Bonchev–Trinajstić information content (AvgIpc) is 2.93. The third-order valence-electron chi connectivity index (χ3n) is 3.59. The Balaban J connectivity index is 0.00000242. The number of rotatable bonds is 3. The van der Waals surface area contributed by atoms with Crippen LogP contribution in [0.5, 0.6) is 0 Å². The highest BCUT2D eigenvalue weighted by atomic mass is 127. The molecule has 0 aliphatic carbocycles. The van der Waals surface area contributed by atoms with Gasteiger partial charge in [-0.2, -0.15) is 0 Å². The number of carbonyl (C=O) groups is 1. The molecule has 1 N–H and O–H groups in total. The van der Waals surface area contributed by atoms with E-state index in [1.165, 1.54) is 12.0 Å². The summed E-state index contributed by atoms with van der Waals surface area (Å²) in [4.78, 5) is 19.2. The van der Waals surface area contributed by atoms with E-state index < -0.39 is 0 Å². The average molecular weight is 458 g/mol. The lowest BCUT2D eigenvalue weighted by molar-refractivity contribution is -0.146. The van der Waals surface area contributed by atoms with Gasteiger partial charge in [0, 0.05) is 25.0 Å². The first-order valence-electron chi connectivity index (χ1n) is 6.91. The molecule has 1 aliphatic heterocycles. The van der Waals surface area contributed by atoms with Crippen molar-refractivity contribution in [3.8, 4) is 0 Å². The fourth-order valence-electron chi connectivity index (χ4n) is 2.44. The van der Waals surface area contributed by atoms with Crippen LogP contribution in [-0.4, -0.2) is 44.1 Å². The number of piperidine rings is 1. The normalized spacial score (nSPS) is 16.1. The lowest BCUT2D eigenvalue weighted by atomic mass is 9.97. The summed E-state index contributed by atoms with van der Waals surface area (Å²) >= 11 is 7.49. The molecule has 2 heterocycles.